The molecule has 0 fully saturated rings. The van der Waals surface area contributed by atoms with Gasteiger partial charge in [-0.1, -0.05) is 12.1 Å². The zero-order chi connectivity index (χ0) is 21.7. The summed E-state index contributed by atoms with van der Waals surface area (Å²) in [6.45, 7) is -0.326. The minimum atomic E-state index is -0.560. The molecule has 0 atom stereocenters. The van der Waals surface area contributed by atoms with E-state index in [1.54, 1.807) is 50.0 Å². The van der Waals surface area contributed by atoms with Gasteiger partial charge in [0.1, 0.15) is 11.4 Å². The van der Waals surface area contributed by atoms with Crippen LogP contribution in [0.15, 0.2) is 53.3 Å². The Morgan fingerprint density at radius 1 is 1.07 bits per heavy atom. The molecule has 8 nitrogen and oxygen atoms in total. The first-order valence-electron chi connectivity index (χ1n) is 9.41. The lowest BCUT2D eigenvalue weighted by Crippen LogP contribution is -2.28. The number of methoxy groups -OCH3 is 1. The van der Waals surface area contributed by atoms with Gasteiger partial charge in [0.2, 0.25) is 0 Å². The van der Waals surface area contributed by atoms with Crippen LogP contribution in [0.4, 0.5) is 0 Å². The summed E-state index contributed by atoms with van der Waals surface area (Å²) < 4.78 is 11.7. The van der Waals surface area contributed by atoms with Crippen LogP contribution in [0.2, 0.25) is 0 Å². The van der Waals surface area contributed by atoms with Gasteiger partial charge < -0.3 is 14.4 Å². The molecule has 0 N–H and O–H groups in total. The normalized spacial score (nSPS) is 10.6. The van der Waals surface area contributed by atoms with Crippen LogP contribution >= 0.6 is 0 Å². The van der Waals surface area contributed by atoms with Crippen LogP contribution in [0.25, 0.3) is 16.7 Å². The van der Waals surface area contributed by atoms with E-state index in [-0.39, 0.29) is 36.6 Å². The van der Waals surface area contributed by atoms with E-state index in [1.807, 2.05) is 24.3 Å². The highest BCUT2D eigenvalue weighted by Crippen LogP contribution is 2.19. The molecule has 1 heterocycles. The molecule has 2 aromatic carbocycles. The summed E-state index contributed by atoms with van der Waals surface area (Å²) in [6.07, 6.45) is 0.0543. The van der Waals surface area contributed by atoms with E-state index in [2.05, 4.69) is 4.98 Å². The van der Waals surface area contributed by atoms with Crippen molar-refractivity contribution in [2.75, 3.05) is 27.8 Å². The van der Waals surface area contributed by atoms with Crippen LogP contribution in [0.5, 0.6) is 5.75 Å². The van der Waals surface area contributed by atoms with Gasteiger partial charge in [0.15, 0.2) is 6.61 Å². The van der Waals surface area contributed by atoms with Crippen molar-refractivity contribution in [2.45, 2.75) is 12.8 Å². The number of benzene rings is 2. The third kappa shape index (κ3) is 4.65. The molecule has 0 aliphatic carbocycles. The molecule has 0 saturated heterocycles. The highest BCUT2D eigenvalue weighted by Gasteiger charge is 2.15. The van der Waals surface area contributed by atoms with E-state index in [0.29, 0.717) is 22.5 Å². The first-order chi connectivity index (χ1) is 14.4. The van der Waals surface area contributed by atoms with Gasteiger partial charge in [-0.05, 0) is 36.4 Å². The van der Waals surface area contributed by atoms with E-state index in [4.69, 9.17) is 9.47 Å². The highest BCUT2D eigenvalue weighted by atomic mass is 16.5. The number of esters is 1. The van der Waals surface area contributed by atoms with Crippen LogP contribution in [-0.2, 0) is 20.7 Å². The molecule has 3 aromatic rings. The number of ether oxygens (including phenoxy) is 2. The molecule has 1 amide bonds. The molecule has 8 heteroatoms. The van der Waals surface area contributed by atoms with E-state index in [1.165, 1.54) is 4.90 Å². The molecule has 3 rings (SSSR count). The number of para-hydroxylation sites is 2. The summed E-state index contributed by atoms with van der Waals surface area (Å²) in [5.74, 6) is -0.190. The largest absolute Gasteiger partial charge is 0.497 e. The molecule has 156 valence electrons. The molecular weight excluding hydrogens is 386 g/mol. The Balaban J connectivity index is 1.89. The van der Waals surface area contributed by atoms with Crippen molar-refractivity contribution < 1.29 is 19.1 Å². The lowest BCUT2D eigenvalue weighted by molar-refractivity contribution is -0.151. The molecule has 0 radical (unpaired) electrons. The molecule has 0 unspecified atom stereocenters. The second-order valence-electron chi connectivity index (χ2n) is 6.83. The maximum absolute atomic E-state index is 13.2. The van der Waals surface area contributed by atoms with Crippen LogP contribution in [0.1, 0.15) is 12.1 Å². The number of rotatable bonds is 7. The predicted molar refractivity (Wildman–Crippen MR) is 112 cm³/mol. The fourth-order valence-electron chi connectivity index (χ4n) is 2.89. The van der Waals surface area contributed by atoms with E-state index in [0.717, 1.165) is 0 Å². The molecular formula is C22H23N3O5. The van der Waals surface area contributed by atoms with Crippen molar-refractivity contribution in [3.8, 4) is 11.4 Å². The Hall–Kier alpha value is -3.68. The minimum Gasteiger partial charge on any atom is -0.497 e. The fourth-order valence-corrected chi connectivity index (χ4v) is 2.89. The van der Waals surface area contributed by atoms with Gasteiger partial charge in [0.25, 0.3) is 11.5 Å². The lowest BCUT2D eigenvalue weighted by Gasteiger charge is -2.13. The van der Waals surface area contributed by atoms with Gasteiger partial charge in [0, 0.05) is 26.2 Å². The summed E-state index contributed by atoms with van der Waals surface area (Å²) in [4.78, 5) is 42.5. The Morgan fingerprint density at radius 2 is 1.77 bits per heavy atom. The molecule has 0 bridgehead atoms. The SMILES string of the molecule is COc1ccc(-n2c(=O)c(CCC(=O)OCC(=O)N(C)C)nc3ccccc32)cc1. The number of aromatic nitrogens is 2. The Bertz CT molecular complexity index is 1120. The van der Waals surface area contributed by atoms with Crippen molar-refractivity contribution in [3.05, 3.63) is 64.6 Å². The Morgan fingerprint density at radius 3 is 2.43 bits per heavy atom. The van der Waals surface area contributed by atoms with Crippen molar-refractivity contribution >= 4 is 22.9 Å². The Kier molecular flexibility index (Phi) is 6.46. The highest BCUT2D eigenvalue weighted by molar-refractivity contribution is 5.80. The second kappa shape index (κ2) is 9.21. The fraction of sp³-hybridized carbons (Fsp3) is 0.273. The van der Waals surface area contributed by atoms with Crippen molar-refractivity contribution in [1.82, 2.24) is 14.5 Å². The number of hydrogen-bond donors (Lipinski definition) is 0. The monoisotopic (exact) mass is 409 g/mol. The first-order valence-corrected chi connectivity index (χ1v) is 9.41. The molecule has 0 aliphatic heterocycles. The van der Waals surface area contributed by atoms with Gasteiger partial charge in [-0.15, -0.1) is 0 Å². The van der Waals surface area contributed by atoms with Crippen molar-refractivity contribution in [1.29, 1.82) is 0 Å². The summed E-state index contributed by atoms with van der Waals surface area (Å²) in [7, 11) is 4.74. The van der Waals surface area contributed by atoms with E-state index in [9.17, 15) is 14.4 Å². The summed E-state index contributed by atoms with van der Waals surface area (Å²) in [6, 6.07) is 14.4. The molecule has 0 aliphatic rings. The standard InChI is InChI=1S/C22H23N3O5/c1-24(2)20(26)14-30-21(27)13-12-18-22(28)25(15-8-10-16(29-3)11-9-15)19-7-5-4-6-17(19)23-18/h4-11H,12-14H2,1-3H3. The molecule has 30 heavy (non-hydrogen) atoms. The van der Waals surface area contributed by atoms with Crippen LogP contribution in [0.3, 0.4) is 0 Å². The van der Waals surface area contributed by atoms with Gasteiger partial charge in [-0.3, -0.25) is 19.0 Å². The Labute approximate surface area is 173 Å². The number of amides is 1. The minimum absolute atomic E-state index is 0.0517. The van der Waals surface area contributed by atoms with E-state index >= 15 is 0 Å². The van der Waals surface area contributed by atoms with Crippen LogP contribution in [-0.4, -0.2) is 54.1 Å². The summed E-state index contributed by atoms with van der Waals surface area (Å²) in [5.41, 5.74) is 1.91. The average Bonchev–Trinajstić information content (AvgIpc) is 2.76. The van der Waals surface area contributed by atoms with Crippen molar-refractivity contribution in [3.63, 3.8) is 0 Å². The summed E-state index contributed by atoms with van der Waals surface area (Å²) >= 11 is 0. The van der Waals surface area contributed by atoms with Gasteiger partial charge >= 0.3 is 5.97 Å². The lowest BCUT2D eigenvalue weighted by atomic mass is 10.2. The third-order valence-electron chi connectivity index (χ3n) is 4.58. The number of fused-ring (bicyclic) bond motifs is 1. The third-order valence-corrected chi connectivity index (χ3v) is 4.58. The maximum atomic E-state index is 13.2. The number of hydrogen-bond acceptors (Lipinski definition) is 6. The number of carbonyl (C=O) groups is 2. The number of nitrogens with zero attached hydrogens (tertiary/aromatic N) is 3. The second-order valence-corrected chi connectivity index (χ2v) is 6.83. The number of likely N-dealkylation sites (N-methyl/N-ethyl adjacent to an activating group) is 1. The smallest absolute Gasteiger partial charge is 0.306 e. The van der Waals surface area contributed by atoms with Gasteiger partial charge in [-0.2, -0.15) is 0 Å². The predicted octanol–water partition coefficient (Wildman–Crippen LogP) is 1.96. The maximum Gasteiger partial charge on any atom is 0.306 e. The molecule has 0 saturated carbocycles. The van der Waals surface area contributed by atoms with Crippen molar-refractivity contribution in [2.24, 2.45) is 0 Å². The number of aryl methyl sites for hydroxylation is 1. The van der Waals surface area contributed by atoms with Gasteiger partial charge in [0.05, 0.1) is 24.6 Å². The van der Waals surface area contributed by atoms with Crippen LogP contribution < -0.4 is 10.3 Å². The first kappa shape index (κ1) is 21.0. The molecule has 1 aromatic heterocycles. The quantitative estimate of drug-likeness (QED) is 0.554. The topological polar surface area (TPSA) is 90.7 Å². The molecule has 0 spiro atoms. The van der Waals surface area contributed by atoms with Crippen LogP contribution in [0, 0.1) is 0 Å². The average molecular weight is 409 g/mol. The zero-order valence-corrected chi connectivity index (χ0v) is 17.1. The summed E-state index contributed by atoms with van der Waals surface area (Å²) in [5, 5.41) is 0. The van der Waals surface area contributed by atoms with Gasteiger partial charge in [-0.25, -0.2) is 4.98 Å². The zero-order valence-electron chi connectivity index (χ0n) is 17.1. The number of carbonyl (C=O) groups excluding carboxylic acids is 2. The van der Waals surface area contributed by atoms with E-state index < -0.39 is 5.97 Å².